The van der Waals surface area contributed by atoms with Crippen LogP contribution in [-0.4, -0.2) is 23.8 Å². The maximum absolute atomic E-state index is 11.4. The first-order valence-electron chi connectivity index (χ1n) is 5.12. The van der Waals surface area contributed by atoms with Crippen LogP contribution in [0, 0.1) is 10.1 Å². The van der Waals surface area contributed by atoms with Crippen LogP contribution in [0.4, 0.5) is 5.69 Å². The normalized spacial score (nSPS) is 11.0. The number of nitrogens with zero attached hydrogens (tertiary/aromatic N) is 1. The number of ketones is 1. The van der Waals surface area contributed by atoms with Gasteiger partial charge >= 0.3 is 5.97 Å². The molecule has 0 N–H and O–H groups in total. The van der Waals surface area contributed by atoms with Gasteiger partial charge in [-0.2, -0.15) is 0 Å². The Labute approximate surface area is 113 Å². The third-order valence-corrected chi connectivity index (χ3v) is 2.70. The maximum atomic E-state index is 11.4. The first kappa shape index (κ1) is 14.8. The van der Waals surface area contributed by atoms with Crippen LogP contribution in [0.3, 0.4) is 0 Å². The Balaban J connectivity index is 3.37. The van der Waals surface area contributed by atoms with Crippen molar-refractivity contribution in [1.29, 1.82) is 0 Å². The van der Waals surface area contributed by atoms with Crippen LogP contribution >= 0.6 is 11.6 Å². The molecule has 0 aliphatic carbocycles. The SMILES string of the molecule is COC(=O)/C(=C/c1cccc([N+](=O)[O-])c1Cl)C(C)=O. The number of rotatable bonds is 4. The van der Waals surface area contributed by atoms with E-state index < -0.39 is 16.7 Å². The lowest BCUT2D eigenvalue weighted by Gasteiger charge is -2.03. The zero-order valence-electron chi connectivity index (χ0n) is 10.2. The van der Waals surface area contributed by atoms with Crippen molar-refractivity contribution in [3.05, 3.63) is 44.5 Å². The zero-order chi connectivity index (χ0) is 14.6. The number of halogens is 1. The fourth-order valence-electron chi connectivity index (χ4n) is 1.36. The van der Waals surface area contributed by atoms with Gasteiger partial charge in [0, 0.05) is 11.6 Å². The summed E-state index contributed by atoms with van der Waals surface area (Å²) in [4.78, 5) is 32.8. The second-order valence-electron chi connectivity index (χ2n) is 3.54. The molecule has 1 aromatic carbocycles. The Morgan fingerprint density at radius 1 is 1.42 bits per heavy atom. The van der Waals surface area contributed by atoms with Crippen molar-refractivity contribution in [3.8, 4) is 0 Å². The van der Waals surface area contributed by atoms with Crippen LogP contribution in [-0.2, 0) is 14.3 Å². The summed E-state index contributed by atoms with van der Waals surface area (Å²) in [7, 11) is 1.13. The van der Waals surface area contributed by atoms with Gasteiger partial charge in [0.2, 0.25) is 0 Å². The molecule has 1 aromatic rings. The minimum atomic E-state index is -0.824. The molecule has 0 fully saturated rings. The second kappa shape index (κ2) is 6.10. The van der Waals surface area contributed by atoms with Crippen molar-refractivity contribution in [3.63, 3.8) is 0 Å². The van der Waals surface area contributed by atoms with Crippen LogP contribution in [0.25, 0.3) is 6.08 Å². The molecule has 100 valence electrons. The lowest BCUT2D eigenvalue weighted by Crippen LogP contribution is -2.11. The highest BCUT2D eigenvalue weighted by molar-refractivity contribution is 6.34. The van der Waals surface area contributed by atoms with Crippen molar-refractivity contribution in [1.82, 2.24) is 0 Å². The monoisotopic (exact) mass is 283 g/mol. The second-order valence-corrected chi connectivity index (χ2v) is 3.92. The number of nitro groups is 1. The molecule has 0 aliphatic rings. The van der Waals surface area contributed by atoms with E-state index in [0.29, 0.717) is 0 Å². The minimum Gasteiger partial charge on any atom is -0.465 e. The molecule has 0 radical (unpaired) electrons. The molecule has 6 nitrogen and oxygen atoms in total. The molecule has 0 saturated carbocycles. The van der Waals surface area contributed by atoms with Crippen molar-refractivity contribution in [2.75, 3.05) is 7.11 Å². The standard InChI is InChI=1S/C12H10ClNO5/c1-7(15)9(12(16)19-2)6-8-4-3-5-10(11(8)13)14(17)18/h3-6H,1-2H3/b9-6+. The van der Waals surface area contributed by atoms with E-state index in [0.717, 1.165) is 7.11 Å². The number of Topliss-reactive ketones (excluding diaryl/α,β-unsaturated/α-hetero) is 1. The lowest BCUT2D eigenvalue weighted by atomic mass is 10.1. The summed E-state index contributed by atoms with van der Waals surface area (Å²) in [5.41, 5.74) is -0.334. The van der Waals surface area contributed by atoms with E-state index in [1.54, 1.807) is 0 Å². The van der Waals surface area contributed by atoms with E-state index in [1.807, 2.05) is 0 Å². The van der Waals surface area contributed by atoms with Crippen molar-refractivity contribution >= 4 is 35.1 Å². The quantitative estimate of drug-likeness (QED) is 0.211. The highest BCUT2D eigenvalue weighted by Gasteiger charge is 2.18. The average Bonchev–Trinajstić information content (AvgIpc) is 2.35. The molecule has 0 bridgehead atoms. The number of hydrogen-bond acceptors (Lipinski definition) is 5. The van der Waals surface area contributed by atoms with Crippen LogP contribution < -0.4 is 0 Å². The topological polar surface area (TPSA) is 86.5 Å². The number of ether oxygens (including phenoxy) is 1. The fourth-order valence-corrected chi connectivity index (χ4v) is 1.61. The summed E-state index contributed by atoms with van der Waals surface area (Å²) in [6, 6.07) is 4.09. The van der Waals surface area contributed by atoms with Gasteiger partial charge in [-0.15, -0.1) is 0 Å². The third-order valence-electron chi connectivity index (χ3n) is 2.29. The van der Waals surface area contributed by atoms with Gasteiger partial charge in [-0.3, -0.25) is 14.9 Å². The highest BCUT2D eigenvalue weighted by Crippen LogP contribution is 2.29. The predicted octanol–water partition coefficient (Wildman–Crippen LogP) is 2.39. The summed E-state index contributed by atoms with van der Waals surface area (Å²) in [6.07, 6.45) is 1.17. The Bertz CT molecular complexity index is 579. The Morgan fingerprint density at radius 2 is 2.05 bits per heavy atom. The van der Waals surface area contributed by atoms with E-state index >= 15 is 0 Å². The molecule has 0 amide bonds. The molecule has 7 heteroatoms. The predicted molar refractivity (Wildman–Crippen MR) is 68.8 cm³/mol. The molecule has 0 heterocycles. The van der Waals surface area contributed by atoms with Crippen LogP contribution in [0.2, 0.25) is 5.02 Å². The van der Waals surface area contributed by atoms with Crippen LogP contribution in [0.5, 0.6) is 0 Å². The maximum Gasteiger partial charge on any atom is 0.341 e. The number of hydrogen-bond donors (Lipinski definition) is 0. The van der Waals surface area contributed by atoms with Crippen LogP contribution in [0.15, 0.2) is 23.8 Å². The van der Waals surface area contributed by atoms with E-state index in [4.69, 9.17) is 11.6 Å². The van der Waals surface area contributed by atoms with Gasteiger partial charge in [-0.25, -0.2) is 4.79 Å². The fraction of sp³-hybridized carbons (Fsp3) is 0.167. The molecule has 0 aliphatic heterocycles. The molecule has 1 rings (SSSR count). The summed E-state index contributed by atoms with van der Waals surface area (Å²) < 4.78 is 4.46. The number of esters is 1. The summed E-state index contributed by atoms with van der Waals surface area (Å²) in [6.45, 7) is 1.19. The van der Waals surface area contributed by atoms with Crippen LogP contribution in [0.1, 0.15) is 12.5 Å². The van der Waals surface area contributed by atoms with Crippen molar-refractivity contribution in [2.24, 2.45) is 0 Å². The number of carbonyl (C=O) groups is 2. The third kappa shape index (κ3) is 3.38. The molecule has 0 aromatic heterocycles. The first-order chi connectivity index (χ1) is 8.88. The molecule has 0 unspecified atom stereocenters. The molecular formula is C12H10ClNO5. The summed E-state index contributed by atoms with van der Waals surface area (Å²) >= 11 is 5.85. The minimum absolute atomic E-state index is 0.143. The van der Waals surface area contributed by atoms with E-state index in [9.17, 15) is 19.7 Å². The zero-order valence-corrected chi connectivity index (χ0v) is 10.9. The molecule has 19 heavy (non-hydrogen) atoms. The van der Waals surface area contributed by atoms with Gasteiger partial charge in [0.15, 0.2) is 5.78 Å². The van der Waals surface area contributed by atoms with Crippen molar-refractivity contribution < 1.29 is 19.2 Å². The Morgan fingerprint density at radius 3 is 2.53 bits per heavy atom. The van der Waals surface area contributed by atoms with Gasteiger partial charge in [0.25, 0.3) is 5.69 Å². The Hall–Kier alpha value is -2.21. The summed E-state index contributed by atoms with van der Waals surface area (Å²) in [5, 5.41) is 10.6. The largest absolute Gasteiger partial charge is 0.465 e. The van der Waals surface area contributed by atoms with Gasteiger partial charge in [-0.05, 0) is 13.0 Å². The number of methoxy groups -OCH3 is 1. The molecule has 0 atom stereocenters. The smallest absolute Gasteiger partial charge is 0.341 e. The van der Waals surface area contributed by atoms with E-state index in [-0.39, 0.29) is 21.8 Å². The summed E-state index contributed by atoms with van der Waals surface area (Å²) in [5.74, 6) is -1.34. The number of nitro benzene ring substituents is 1. The van der Waals surface area contributed by atoms with E-state index in [1.165, 1.54) is 31.2 Å². The molecular weight excluding hydrogens is 274 g/mol. The van der Waals surface area contributed by atoms with Gasteiger partial charge in [-0.1, -0.05) is 23.7 Å². The van der Waals surface area contributed by atoms with Gasteiger partial charge < -0.3 is 4.74 Å². The van der Waals surface area contributed by atoms with Gasteiger partial charge in [0.05, 0.1) is 12.0 Å². The number of benzene rings is 1. The number of carbonyl (C=O) groups excluding carboxylic acids is 2. The van der Waals surface area contributed by atoms with Gasteiger partial charge in [0.1, 0.15) is 10.6 Å². The molecule has 0 saturated heterocycles. The lowest BCUT2D eigenvalue weighted by molar-refractivity contribution is -0.384. The molecule has 0 spiro atoms. The Kier molecular flexibility index (Phi) is 4.77. The first-order valence-corrected chi connectivity index (χ1v) is 5.50. The average molecular weight is 284 g/mol. The van der Waals surface area contributed by atoms with E-state index in [2.05, 4.69) is 4.74 Å². The van der Waals surface area contributed by atoms with Crippen molar-refractivity contribution in [2.45, 2.75) is 6.92 Å². The highest BCUT2D eigenvalue weighted by atomic mass is 35.5.